The van der Waals surface area contributed by atoms with Gasteiger partial charge in [0.25, 0.3) is 5.91 Å². The molecule has 0 fully saturated rings. The first-order valence-electron chi connectivity index (χ1n) is 7.67. The van der Waals surface area contributed by atoms with Crippen molar-refractivity contribution in [1.82, 2.24) is 15.5 Å². The lowest BCUT2D eigenvalue weighted by atomic mass is 10.0. The molecule has 0 spiro atoms. The Kier molecular flexibility index (Phi) is 5.11. The Morgan fingerprint density at radius 2 is 1.92 bits per heavy atom. The molecule has 128 valence electrons. The van der Waals surface area contributed by atoms with Crippen LogP contribution in [0.5, 0.6) is 0 Å². The van der Waals surface area contributed by atoms with Crippen LogP contribution in [0.25, 0.3) is 11.3 Å². The number of nitrogens with zero attached hydrogens (tertiary/aromatic N) is 2. The summed E-state index contributed by atoms with van der Waals surface area (Å²) in [5.41, 5.74) is 2.16. The summed E-state index contributed by atoms with van der Waals surface area (Å²) >= 11 is 5.91. The summed E-state index contributed by atoms with van der Waals surface area (Å²) < 4.78 is 5.21. The molecule has 1 aromatic carbocycles. The van der Waals surface area contributed by atoms with Crippen molar-refractivity contribution >= 4 is 17.5 Å². The normalized spacial score (nSPS) is 12.0. The predicted molar refractivity (Wildman–Crippen MR) is 93.0 cm³/mol. The SMILES string of the molecule is C[C@H](O)c1onc(-c2ccc(Cl)cc2)c1C(=O)NCc1ccncc1. The number of carbonyl (C=O) groups is 1. The highest BCUT2D eigenvalue weighted by atomic mass is 35.5. The maximum absolute atomic E-state index is 12.7. The van der Waals surface area contributed by atoms with Gasteiger partial charge in [-0.25, -0.2) is 0 Å². The van der Waals surface area contributed by atoms with E-state index in [9.17, 15) is 9.90 Å². The van der Waals surface area contributed by atoms with Crippen LogP contribution in [0.4, 0.5) is 0 Å². The number of amides is 1. The Bertz CT molecular complexity index is 861. The molecule has 3 rings (SSSR count). The average Bonchev–Trinajstić information content (AvgIpc) is 3.06. The minimum Gasteiger partial charge on any atom is -0.385 e. The third-order valence-corrected chi connectivity index (χ3v) is 3.90. The number of halogens is 1. The fourth-order valence-corrected chi connectivity index (χ4v) is 2.51. The first-order valence-corrected chi connectivity index (χ1v) is 8.04. The van der Waals surface area contributed by atoms with Gasteiger partial charge in [0.15, 0.2) is 5.76 Å². The zero-order chi connectivity index (χ0) is 17.8. The number of hydrogen-bond donors (Lipinski definition) is 2. The van der Waals surface area contributed by atoms with Gasteiger partial charge in [-0.2, -0.15) is 0 Å². The van der Waals surface area contributed by atoms with Crippen LogP contribution < -0.4 is 5.32 Å². The van der Waals surface area contributed by atoms with Gasteiger partial charge in [0.05, 0.1) is 0 Å². The van der Waals surface area contributed by atoms with Gasteiger partial charge in [0.1, 0.15) is 17.4 Å². The van der Waals surface area contributed by atoms with Crippen molar-refractivity contribution in [2.24, 2.45) is 0 Å². The molecule has 1 amide bonds. The Labute approximate surface area is 149 Å². The highest BCUT2D eigenvalue weighted by molar-refractivity contribution is 6.30. The smallest absolute Gasteiger partial charge is 0.257 e. The number of pyridine rings is 1. The summed E-state index contributed by atoms with van der Waals surface area (Å²) in [6.07, 6.45) is 2.35. The molecular weight excluding hydrogens is 342 g/mol. The number of aromatic nitrogens is 2. The molecule has 0 aliphatic carbocycles. The van der Waals surface area contributed by atoms with E-state index in [1.54, 1.807) is 36.7 Å². The summed E-state index contributed by atoms with van der Waals surface area (Å²) in [5, 5.41) is 17.3. The van der Waals surface area contributed by atoms with Gasteiger partial charge in [-0.05, 0) is 36.8 Å². The van der Waals surface area contributed by atoms with Crippen LogP contribution >= 0.6 is 11.6 Å². The molecule has 0 saturated carbocycles. The molecule has 0 bridgehead atoms. The van der Waals surface area contributed by atoms with E-state index in [1.807, 2.05) is 12.1 Å². The van der Waals surface area contributed by atoms with Crippen molar-refractivity contribution in [3.05, 3.63) is 70.7 Å². The van der Waals surface area contributed by atoms with Gasteiger partial charge in [-0.3, -0.25) is 9.78 Å². The molecule has 2 aromatic heterocycles. The lowest BCUT2D eigenvalue weighted by Gasteiger charge is -2.08. The Balaban J connectivity index is 1.91. The van der Waals surface area contributed by atoms with E-state index in [1.165, 1.54) is 6.92 Å². The van der Waals surface area contributed by atoms with Crippen molar-refractivity contribution in [3.63, 3.8) is 0 Å². The molecule has 3 aromatic rings. The summed E-state index contributed by atoms with van der Waals surface area (Å²) in [4.78, 5) is 16.6. The molecule has 0 aliphatic rings. The molecule has 0 unspecified atom stereocenters. The maximum atomic E-state index is 12.7. The van der Waals surface area contributed by atoms with Gasteiger partial charge >= 0.3 is 0 Å². The van der Waals surface area contributed by atoms with Gasteiger partial charge in [-0.15, -0.1) is 0 Å². The number of rotatable bonds is 5. The first-order chi connectivity index (χ1) is 12.1. The van der Waals surface area contributed by atoms with Crippen molar-refractivity contribution in [3.8, 4) is 11.3 Å². The standard InChI is InChI=1S/C18H16ClN3O3/c1-11(23)17-15(18(24)21-10-12-6-8-20-9-7-12)16(22-25-17)13-2-4-14(19)5-3-13/h2-9,11,23H,10H2,1H3,(H,21,24)/t11-/m0/s1. The van der Waals surface area contributed by atoms with Crippen LogP contribution in [0.3, 0.4) is 0 Å². The molecule has 0 aliphatic heterocycles. The molecule has 6 nitrogen and oxygen atoms in total. The molecule has 1 atom stereocenters. The van der Waals surface area contributed by atoms with E-state index >= 15 is 0 Å². The lowest BCUT2D eigenvalue weighted by molar-refractivity contribution is 0.0938. The second-order valence-corrected chi connectivity index (χ2v) is 5.93. The second-order valence-electron chi connectivity index (χ2n) is 5.49. The topological polar surface area (TPSA) is 88.2 Å². The fourth-order valence-electron chi connectivity index (χ4n) is 2.38. The summed E-state index contributed by atoms with van der Waals surface area (Å²) in [7, 11) is 0. The van der Waals surface area contributed by atoms with Crippen molar-refractivity contribution in [2.45, 2.75) is 19.6 Å². The molecule has 2 N–H and O–H groups in total. The van der Waals surface area contributed by atoms with Crippen LogP contribution in [-0.2, 0) is 6.54 Å². The Morgan fingerprint density at radius 1 is 1.24 bits per heavy atom. The molecule has 7 heteroatoms. The van der Waals surface area contributed by atoms with E-state index in [4.69, 9.17) is 16.1 Å². The quantitative estimate of drug-likeness (QED) is 0.730. The number of hydrogen-bond acceptors (Lipinski definition) is 5. The van der Waals surface area contributed by atoms with Crippen molar-refractivity contribution in [1.29, 1.82) is 0 Å². The second kappa shape index (κ2) is 7.46. The lowest BCUT2D eigenvalue weighted by Crippen LogP contribution is -2.24. The number of aliphatic hydroxyl groups excluding tert-OH is 1. The van der Waals surface area contributed by atoms with Gasteiger partial charge in [0.2, 0.25) is 0 Å². The minimum absolute atomic E-state index is 0.122. The predicted octanol–water partition coefficient (Wildman–Crippen LogP) is 3.37. The monoisotopic (exact) mass is 357 g/mol. The highest BCUT2D eigenvalue weighted by Gasteiger charge is 2.26. The number of benzene rings is 1. The number of aliphatic hydroxyl groups is 1. The fraction of sp³-hybridized carbons (Fsp3) is 0.167. The van der Waals surface area contributed by atoms with Crippen LogP contribution in [0, 0.1) is 0 Å². The summed E-state index contributed by atoms with van der Waals surface area (Å²) in [6.45, 7) is 1.84. The van der Waals surface area contributed by atoms with Crippen LogP contribution in [0.15, 0.2) is 53.3 Å². The van der Waals surface area contributed by atoms with Gasteiger partial charge < -0.3 is 14.9 Å². The van der Waals surface area contributed by atoms with Gasteiger partial charge in [0, 0.05) is 29.5 Å². The number of nitrogens with one attached hydrogen (secondary N) is 1. The molecule has 25 heavy (non-hydrogen) atoms. The Hall–Kier alpha value is -2.70. The van der Waals surface area contributed by atoms with Crippen molar-refractivity contribution in [2.75, 3.05) is 0 Å². The van der Waals surface area contributed by atoms with E-state index in [-0.39, 0.29) is 17.2 Å². The van der Waals surface area contributed by atoms with Crippen LogP contribution in [-0.4, -0.2) is 21.2 Å². The third-order valence-electron chi connectivity index (χ3n) is 3.65. The highest BCUT2D eigenvalue weighted by Crippen LogP contribution is 2.29. The van der Waals surface area contributed by atoms with E-state index < -0.39 is 6.10 Å². The number of carbonyl (C=O) groups excluding carboxylic acids is 1. The molecular formula is C18H16ClN3O3. The first kappa shape index (κ1) is 17.1. The van der Waals surface area contributed by atoms with Crippen LogP contribution in [0.2, 0.25) is 5.02 Å². The maximum Gasteiger partial charge on any atom is 0.257 e. The molecule has 0 radical (unpaired) electrons. The zero-order valence-electron chi connectivity index (χ0n) is 13.4. The van der Waals surface area contributed by atoms with Crippen molar-refractivity contribution < 1.29 is 14.4 Å². The minimum atomic E-state index is -0.963. The van der Waals surface area contributed by atoms with E-state index in [2.05, 4.69) is 15.5 Å². The zero-order valence-corrected chi connectivity index (χ0v) is 14.2. The van der Waals surface area contributed by atoms with E-state index in [0.29, 0.717) is 22.8 Å². The van der Waals surface area contributed by atoms with Crippen LogP contribution in [0.1, 0.15) is 34.7 Å². The summed E-state index contributed by atoms with van der Waals surface area (Å²) in [5.74, 6) is -0.254. The Morgan fingerprint density at radius 3 is 2.56 bits per heavy atom. The summed E-state index contributed by atoms with van der Waals surface area (Å²) in [6, 6.07) is 10.5. The molecule has 0 saturated heterocycles. The largest absolute Gasteiger partial charge is 0.385 e. The average molecular weight is 358 g/mol. The molecule has 2 heterocycles. The van der Waals surface area contributed by atoms with Gasteiger partial charge in [-0.1, -0.05) is 28.9 Å². The third kappa shape index (κ3) is 3.87. The van der Waals surface area contributed by atoms with E-state index in [0.717, 1.165) is 5.56 Å².